The standard InChI is InChI=1S/C13H18BrNO2/c1-15(8-4-7-14)13(16)10-11-5-3-6-12(9-11)17-2/h3,5-6,9H,4,7-8,10H2,1-2H3. The predicted octanol–water partition coefficient (Wildman–Crippen LogP) is 2.48. The van der Waals surface area contributed by atoms with Crippen molar-refractivity contribution in [2.75, 3.05) is 26.0 Å². The zero-order chi connectivity index (χ0) is 12.7. The number of benzene rings is 1. The monoisotopic (exact) mass is 299 g/mol. The van der Waals surface area contributed by atoms with Crippen molar-refractivity contribution < 1.29 is 9.53 Å². The first-order chi connectivity index (χ1) is 8.17. The molecule has 0 saturated carbocycles. The van der Waals surface area contributed by atoms with Gasteiger partial charge in [-0.05, 0) is 24.1 Å². The Morgan fingerprint density at radius 1 is 1.47 bits per heavy atom. The van der Waals surface area contributed by atoms with Crippen molar-refractivity contribution in [2.24, 2.45) is 0 Å². The number of methoxy groups -OCH3 is 1. The van der Waals surface area contributed by atoms with Gasteiger partial charge < -0.3 is 9.64 Å². The molecule has 0 saturated heterocycles. The molecule has 0 atom stereocenters. The summed E-state index contributed by atoms with van der Waals surface area (Å²) in [6.07, 6.45) is 1.40. The van der Waals surface area contributed by atoms with Crippen LogP contribution in [-0.4, -0.2) is 36.8 Å². The quantitative estimate of drug-likeness (QED) is 0.755. The average Bonchev–Trinajstić information content (AvgIpc) is 2.36. The zero-order valence-electron chi connectivity index (χ0n) is 10.3. The lowest BCUT2D eigenvalue weighted by molar-refractivity contribution is -0.129. The molecule has 0 unspecified atom stereocenters. The third kappa shape index (κ3) is 4.77. The molecule has 1 rings (SSSR count). The summed E-state index contributed by atoms with van der Waals surface area (Å²) >= 11 is 3.36. The molecule has 3 nitrogen and oxygen atoms in total. The maximum atomic E-state index is 11.9. The number of ether oxygens (including phenoxy) is 1. The van der Waals surface area contributed by atoms with Gasteiger partial charge in [0.15, 0.2) is 0 Å². The Kier molecular flexibility index (Phi) is 6.05. The highest BCUT2D eigenvalue weighted by molar-refractivity contribution is 9.09. The fraction of sp³-hybridized carbons (Fsp3) is 0.462. The van der Waals surface area contributed by atoms with Crippen LogP contribution in [0.4, 0.5) is 0 Å². The Labute approximate surface area is 111 Å². The second-order valence-corrected chi connectivity index (χ2v) is 4.68. The number of carbonyl (C=O) groups excluding carboxylic acids is 1. The van der Waals surface area contributed by atoms with Gasteiger partial charge in [0.2, 0.25) is 5.91 Å². The fourth-order valence-corrected chi connectivity index (χ4v) is 1.76. The van der Waals surface area contributed by atoms with Crippen LogP contribution in [0.25, 0.3) is 0 Å². The van der Waals surface area contributed by atoms with E-state index in [-0.39, 0.29) is 5.91 Å². The van der Waals surface area contributed by atoms with Crippen LogP contribution in [0.1, 0.15) is 12.0 Å². The number of likely N-dealkylation sites (N-methyl/N-ethyl adjacent to an activating group) is 1. The molecule has 0 N–H and O–H groups in total. The van der Waals surface area contributed by atoms with Gasteiger partial charge in [-0.1, -0.05) is 28.1 Å². The van der Waals surface area contributed by atoms with E-state index in [1.165, 1.54) is 0 Å². The first kappa shape index (κ1) is 14.0. The van der Waals surface area contributed by atoms with E-state index in [4.69, 9.17) is 4.74 Å². The predicted molar refractivity (Wildman–Crippen MR) is 72.7 cm³/mol. The first-order valence-corrected chi connectivity index (χ1v) is 6.72. The Morgan fingerprint density at radius 3 is 2.88 bits per heavy atom. The Hall–Kier alpha value is -1.03. The molecule has 1 amide bonds. The summed E-state index contributed by atoms with van der Waals surface area (Å²) in [5.41, 5.74) is 0.986. The first-order valence-electron chi connectivity index (χ1n) is 5.60. The van der Waals surface area contributed by atoms with Gasteiger partial charge in [0.25, 0.3) is 0 Å². The second-order valence-electron chi connectivity index (χ2n) is 3.89. The van der Waals surface area contributed by atoms with Crippen LogP contribution in [0, 0.1) is 0 Å². The molecule has 17 heavy (non-hydrogen) atoms. The lowest BCUT2D eigenvalue weighted by Gasteiger charge is -2.16. The Bertz CT molecular complexity index is 368. The van der Waals surface area contributed by atoms with E-state index in [1.54, 1.807) is 12.0 Å². The van der Waals surface area contributed by atoms with Crippen LogP contribution in [0.2, 0.25) is 0 Å². The molecule has 1 aromatic rings. The topological polar surface area (TPSA) is 29.5 Å². The summed E-state index contributed by atoms with van der Waals surface area (Å²) in [5.74, 6) is 0.928. The maximum Gasteiger partial charge on any atom is 0.226 e. The van der Waals surface area contributed by atoms with E-state index in [2.05, 4.69) is 15.9 Å². The van der Waals surface area contributed by atoms with Crippen molar-refractivity contribution in [2.45, 2.75) is 12.8 Å². The highest BCUT2D eigenvalue weighted by Crippen LogP contribution is 2.13. The maximum absolute atomic E-state index is 11.9. The van der Waals surface area contributed by atoms with E-state index >= 15 is 0 Å². The number of carbonyl (C=O) groups is 1. The van der Waals surface area contributed by atoms with E-state index in [1.807, 2.05) is 31.3 Å². The average molecular weight is 300 g/mol. The summed E-state index contributed by atoms with van der Waals surface area (Å²) in [7, 11) is 3.47. The number of hydrogen-bond acceptors (Lipinski definition) is 2. The largest absolute Gasteiger partial charge is 0.497 e. The van der Waals surface area contributed by atoms with Crippen molar-refractivity contribution >= 4 is 21.8 Å². The fourth-order valence-electron chi connectivity index (χ4n) is 1.51. The molecule has 4 heteroatoms. The summed E-state index contributed by atoms with van der Waals surface area (Å²) < 4.78 is 5.13. The molecule has 0 heterocycles. The normalized spacial score (nSPS) is 10.1. The molecule has 0 aliphatic carbocycles. The molecule has 1 aromatic carbocycles. The summed E-state index contributed by atoms with van der Waals surface area (Å²) in [4.78, 5) is 13.7. The van der Waals surface area contributed by atoms with Gasteiger partial charge in [-0.15, -0.1) is 0 Å². The number of hydrogen-bond donors (Lipinski definition) is 0. The minimum absolute atomic E-state index is 0.138. The van der Waals surface area contributed by atoms with Crippen molar-refractivity contribution in [3.8, 4) is 5.75 Å². The molecule has 0 bridgehead atoms. The highest BCUT2D eigenvalue weighted by Gasteiger charge is 2.09. The van der Waals surface area contributed by atoms with Gasteiger partial charge in [-0.25, -0.2) is 0 Å². The Balaban J connectivity index is 2.54. The van der Waals surface area contributed by atoms with Gasteiger partial charge in [0.1, 0.15) is 5.75 Å². The van der Waals surface area contributed by atoms with E-state index < -0.39 is 0 Å². The van der Waals surface area contributed by atoms with Crippen molar-refractivity contribution in [1.29, 1.82) is 0 Å². The van der Waals surface area contributed by atoms with Crippen molar-refractivity contribution in [3.05, 3.63) is 29.8 Å². The molecule has 0 aliphatic heterocycles. The van der Waals surface area contributed by atoms with Gasteiger partial charge in [0, 0.05) is 18.9 Å². The van der Waals surface area contributed by atoms with Crippen LogP contribution in [-0.2, 0) is 11.2 Å². The molecule has 0 spiro atoms. The van der Waals surface area contributed by atoms with Crippen LogP contribution in [0.15, 0.2) is 24.3 Å². The molecule has 0 aromatic heterocycles. The second kappa shape index (κ2) is 7.33. The molecule has 0 aliphatic rings. The number of amides is 1. The zero-order valence-corrected chi connectivity index (χ0v) is 11.9. The molecule has 0 radical (unpaired) electrons. The van der Waals surface area contributed by atoms with E-state index in [0.717, 1.165) is 29.6 Å². The van der Waals surface area contributed by atoms with Crippen LogP contribution in [0.5, 0.6) is 5.75 Å². The molecule has 94 valence electrons. The van der Waals surface area contributed by atoms with Gasteiger partial charge in [-0.3, -0.25) is 4.79 Å². The van der Waals surface area contributed by atoms with Crippen LogP contribution < -0.4 is 4.74 Å². The molecular weight excluding hydrogens is 282 g/mol. The van der Waals surface area contributed by atoms with Crippen molar-refractivity contribution in [3.63, 3.8) is 0 Å². The van der Waals surface area contributed by atoms with Gasteiger partial charge >= 0.3 is 0 Å². The molecular formula is C13H18BrNO2. The van der Waals surface area contributed by atoms with Crippen molar-refractivity contribution in [1.82, 2.24) is 4.90 Å². The lowest BCUT2D eigenvalue weighted by Crippen LogP contribution is -2.29. The highest BCUT2D eigenvalue weighted by atomic mass is 79.9. The smallest absolute Gasteiger partial charge is 0.226 e. The third-order valence-corrected chi connectivity index (χ3v) is 3.10. The number of halogens is 1. The van der Waals surface area contributed by atoms with E-state index in [9.17, 15) is 4.79 Å². The van der Waals surface area contributed by atoms with E-state index in [0.29, 0.717) is 6.42 Å². The number of rotatable bonds is 6. The van der Waals surface area contributed by atoms with Gasteiger partial charge in [0.05, 0.1) is 13.5 Å². The summed E-state index contributed by atoms with van der Waals surface area (Å²) in [6.45, 7) is 0.786. The lowest BCUT2D eigenvalue weighted by atomic mass is 10.1. The minimum Gasteiger partial charge on any atom is -0.497 e. The van der Waals surface area contributed by atoms with Gasteiger partial charge in [-0.2, -0.15) is 0 Å². The minimum atomic E-state index is 0.138. The van der Waals surface area contributed by atoms with Crippen LogP contribution in [0.3, 0.4) is 0 Å². The number of alkyl halides is 1. The number of nitrogens with zero attached hydrogens (tertiary/aromatic N) is 1. The SMILES string of the molecule is COc1cccc(CC(=O)N(C)CCCBr)c1. The molecule has 0 fully saturated rings. The third-order valence-electron chi connectivity index (χ3n) is 2.54. The van der Waals surface area contributed by atoms with Crippen LogP contribution >= 0.6 is 15.9 Å². The summed E-state index contributed by atoms with van der Waals surface area (Å²) in [6, 6.07) is 7.62. The summed E-state index contributed by atoms with van der Waals surface area (Å²) in [5, 5.41) is 0.920. The Morgan fingerprint density at radius 2 is 2.24 bits per heavy atom.